The van der Waals surface area contributed by atoms with E-state index < -0.39 is 34.0 Å². The van der Waals surface area contributed by atoms with E-state index in [4.69, 9.17) is 9.84 Å². The van der Waals surface area contributed by atoms with E-state index in [2.05, 4.69) is 10.0 Å². The normalized spacial score (nSPS) is 14.0. The fraction of sp³-hybridized carbons (Fsp3) is 0.467. The molecule has 1 amide bonds. The molecule has 1 aromatic rings. The molecule has 1 rings (SSSR count). The second-order valence-corrected chi connectivity index (χ2v) is 7.30. The van der Waals surface area contributed by atoms with Crippen LogP contribution in [0.25, 0.3) is 0 Å². The molecule has 2 atom stereocenters. The first-order valence-corrected chi connectivity index (χ1v) is 8.76. The van der Waals surface area contributed by atoms with Gasteiger partial charge in [-0.25, -0.2) is 8.42 Å². The zero-order valence-corrected chi connectivity index (χ0v) is 14.8. The maximum Gasteiger partial charge on any atom is 0.325 e. The SMILES string of the molecule is COc1ccc(S(=O)(=O)NC(C(=O)N[C@H](C)C(=O)O)C(C)C)cc1. The molecule has 0 aliphatic carbocycles. The van der Waals surface area contributed by atoms with Gasteiger partial charge in [0.15, 0.2) is 0 Å². The van der Waals surface area contributed by atoms with Gasteiger partial charge in [-0.05, 0) is 37.1 Å². The number of hydrogen-bond donors (Lipinski definition) is 3. The smallest absolute Gasteiger partial charge is 0.325 e. The molecule has 0 radical (unpaired) electrons. The second-order valence-electron chi connectivity index (χ2n) is 5.59. The van der Waals surface area contributed by atoms with Crippen LogP contribution in [0.2, 0.25) is 0 Å². The van der Waals surface area contributed by atoms with Gasteiger partial charge in [0.2, 0.25) is 15.9 Å². The molecule has 0 spiro atoms. The molecule has 134 valence electrons. The highest BCUT2D eigenvalue weighted by Crippen LogP contribution is 2.16. The van der Waals surface area contributed by atoms with Crippen molar-refractivity contribution in [3.05, 3.63) is 24.3 Å². The van der Waals surface area contributed by atoms with Gasteiger partial charge in [-0.1, -0.05) is 13.8 Å². The van der Waals surface area contributed by atoms with Crippen LogP contribution in [-0.4, -0.2) is 44.6 Å². The number of methoxy groups -OCH3 is 1. The van der Waals surface area contributed by atoms with E-state index in [0.717, 1.165) is 0 Å². The molecular formula is C15H22N2O6S. The molecular weight excluding hydrogens is 336 g/mol. The summed E-state index contributed by atoms with van der Waals surface area (Å²) in [5.74, 6) is -1.78. The number of rotatable bonds is 8. The van der Waals surface area contributed by atoms with Gasteiger partial charge in [0.05, 0.1) is 12.0 Å². The fourth-order valence-electron chi connectivity index (χ4n) is 1.85. The van der Waals surface area contributed by atoms with Gasteiger partial charge in [0, 0.05) is 0 Å². The fourth-order valence-corrected chi connectivity index (χ4v) is 3.19. The minimum absolute atomic E-state index is 0.0203. The predicted octanol–water partition coefficient (Wildman–Crippen LogP) is 0.587. The summed E-state index contributed by atoms with van der Waals surface area (Å²) in [6, 6.07) is 3.48. The van der Waals surface area contributed by atoms with Gasteiger partial charge in [-0.2, -0.15) is 4.72 Å². The predicted molar refractivity (Wildman–Crippen MR) is 87.2 cm³/mol. The number of nitrogens with one attached hydrogen (secondary N) is 2. The summed E-state index contributed by atoms with van der Waals surface area (Å²) in [4.78, 5) is 23.0. The molecule has 0 heterocycles. The zero-order valence-electron chi connectivity index (χ0n) is 13.9. The number of carboxylic acids is 1. The summed E-state index contributed by atoms with van der Waals surface area (Å²) in [5.41, 5.74) is 0. The van der Waals surface area contributed by atoms with E-state index in [1.54, 1.807) is 13.8 Å². The van der Waals surface area contributed by atoms with Crippen molar-refractivity contribution in [3.63, 3.8) is 0 Å². The lowest BCUT2D eigenvalue weighted by Gasteiger charge is -2.22. The molecule has 0 aliphatic rings. The lowest BCUT2D eigenvalue weighted by molar-refractivity contribution is -0.141. The number of ether oxygens (including phenoxy) is 1. The molecule has 0 aliphatic heterocycles. The Labute approximate surface area is 141 Å². The Balaban J connectivity index is 2.97. The van der Waals surface area contributed by atoms with Crippen LogP contribution in [0.5, 0.6) is 5.75 Å². The number of carbonyl (C=O) groups excluding carboxylic acids is 1. The average Bonchev–Trinajstić information content (AvgIpc) is 2.52. The first-order chi connectivity index (χ1) is 11.1. The first-order valence-electron chi connectivity index (χ1n) is 7.28. The maximum atomic E-state index is 12.4. The molecule has 24 heavy (non-hydrogen) atoms. The lowest BCUT2D eigenvalue weighted by Crippen LogP contribution is -2.52. The van der Waals surface area contributed by atoms with Crippen molar-refractivity contribution in [2.45, 2.75) is 37.8 Å². The third kappa shape index (κ3) is 5.20. The Morgan fingerprint density at radius 3 is 2.08 bits per heavy atom. The molecule has 0 fully saturated rings. The van der Waals surface area contributed by atoms with E-state index in [0.29, 0.717) is 5.75 Å². The van der Waals surface area contributed by atoms with Gasteiger partial charge in [0.1, 0.15) is 17.8 Å². The van der Waals surface area contributed by atoms with Crippen molar-refractivity contribution in [2.24, 2.45) is 5.92 Å². The largest absolute Gasteiger partial charge is 0.497 e. The van der Waals surface area contributed by atoms with Gasteiger partial charge in [-0.3, -0.25) is 9.59 Å². The summed E-state index contributed by atoms with van der Waals surface area (Å²) in [7, 11) is -2.48. The van der Waals surface area contributed by atoms with E-state index in [9.17, 15) is 18.0 Å². The third-order valence-electron chi connectivity index (χ3n) is 3.33. The highest BCUT2D eigenvalue weighted by Gasteiger charge is 2.30. The number of benzene rings is 1. The van der Waals surface area contributed by atoms with Gasteiger partial charge in [-0.15, -0.1) is 0 Å². The summed E-state index contributed by atoms with van der Waals surface area (Å²) in [5, 5.41) is 11.1. The van der Waals surface area contributed by atoms with E-state index in [1.807, 2.05) is 0 Å². The van der Waals surface area contributed by atoms with Crippen LogP contribution < -0.4 is 14.8 Å². The first kappa shape index (κ1) is 19.9. The minimum Gasteiger partial charge on any atom is -0.497 e. The number of carbonyl (C=O) groups is 2. The molecule has 0 saturated heterocycles. The highest BCUT2D eigenvalue weighted by atomic mass is 32.2. The van der Waals surface area contributed by atoms with Crippen LogP contribution in [0.1, 0.15) is 20.8 Å². The Bertz CT molecular complexity index is 684. The number of sulfonamides is 1. The van der Waals surface area contributed by atoms with Crippen LogP contribution in [-0.2, 0) is 19.6 Å². The molecule has 0 saturated carbocycles. The van der Waals surface area contributed by atoms with Crippen molar-refractivity contribution >= 4 is 21.9 Å². The molecule has 9 heteroatoms. The second kappa shape index (κ2) is 8.11. The molecule has 1 unspecified atom stereocenters. The zero-order chi connectivity index (χ0) is 18.5. The van der Waals surface area contributed by atoms with Gasteiger partial charge >= 0.3 is 5.97 Å². The summed E-state index contributed by atoms with van der Waals surface area (Å²) in [6.45, 7) is 4.62. The van der Waals surface area contributed by atoms with Crippen molar-refractivity contribution in [3.8, 4) is 5.75 Å². The Kier molecular flexibility index (Phi) is 6.73. The van der Waals surface area contributed by atoms with Crippen LogP contribution >= 0.6 is 0 Å². The van der Waals surface area contributed by atoms with Crippen molar-refractivity contribution in [1.82, 2.24) is 10.0 Å². The average molecular weight is 358 g/mol. The van der Waals surface area contributed by atoms with Crippen LogP contribution in [0.4, 0.5) is 0 Å². The molecule has 3 N–H and O–H groups in total. The number of hydrogen-bond acceptors (Lipinski definition) is 5. The topological polar surface area (TPSA) is 122 Å². The van der Waals surface area contributed by atoms with E-state index in [-0.39, 0.29) is 10.8 Å². The standard InChI is InChI=1S/C15H22N2O6S/c1-9(2)13(14(18)16-10(3)15(19)20)17-24(21,22)12-7-5-11(23-4)6-8-12/h5-10,13,17H,1-4H3,(H,16,18)(H,19,20)/t10-,13?/m1/s1. The van der Waals surface area contributed by atoms with Crippen molar-refractivity contribution < 1.29 is 27.9 Å². The van der Waals surface area contributed by atoms with Crippen molar-refractivity contribution in [1.29, 1.82) is 0 Å². The third-order valence-corrected chi connectivity index (χ3v) is 4.79. The van der Waals surface area contributed by atoms with Crippen LogP contribution in [0, 0.1) is 5.92 Å². The summed E-state index contributed by atoms with van der Waals surface area (Å²) >= 11 is 0. The summed E-state index contributed by atoms with van der Waals surface area (Å²) in [6.07, 6.45) is 0. The maximum absolute atomic E-state index is 12.4. The van der Waals surface area contributed by atoms with Gasteiger partial charge in [0.25, 0.3) is 0 Å². The lowest BCUT2D eigenvalue weighted by atomic mass is 10.0. The number of amides is 1. The molecule has 1 aromatic carbocycles. The number of aliphatic carboxylic acids is 1. The van der Waals surface area contributed by atoms with Crippen LogP contribution in [0.15, 0.2) is 29.2 Å². The Hall–Kier alpha value is -2.13. The summed E-state index contributed by atoms with van der Waals surface area (Å²) < 4.78 is 32.1. The van der Waals surface area contributed by atoms with E-state index >= 15 is 0 Å². The van der Waals surface area contributed by atoms with Gasteiger partial charge < -0.3 is 15.2 Å². The van der Waals surface area contributed by atoms with E-state index in [1.165, 1.54) is 38.3 Å². The van der Waals surface area contributed by atoms with Crippen LogP contribution in [0.3, 0.4) is 0 Å². The van der Waals surface area contributed by atoms with Crippen molar-refractivity contribution in [2.75, 3.05) is 7.11 Å². The monoisotopic (exact) mass is 358 g/mol. The number of carboxylic acid groups (broad SMARTS) is 1. The molecule has 0 aromatic heterocycles. The molecule has 8 nitrogen and oxygen atoms in total. The Morgan fingerprint density at radius 2 is 1.67 bits per heavy atom. The Morgan fingerprint density at radius 1 is 1.12 bits per heavy atom. The quantitative estimate of drug-likeness (QED) is 0.625. The highest BCUT2D eigenvalue weighted by molar-refractivity contribution is 7.89. The minimum atomic E-state index is -3.94. The molecule has 0 bridgehead atoms.